The first-order chi connectivity index (χ1) is 8.99. The fraction of sp³-hybridized carbons (Fsp3) is 0.333. The molecule has 0 fully saturated rings. The van der Waals surface area contributed by atoms with E-state index in [-0.39, 0.29) is 11.6 Å². The van der Waals surface area contributed by atoms with Gasteiger partial charge in [-0.2, -0.15) is 0 Å². The van der Waals surface area contributed by atoms with Crippen LogP contribution in [-0.2, 0) is 7.05 Å². The highest BCUT2D eigenvalue weighted by molar-refractivity contribution is 5.93. The molecule has 1 unspecified atom stereocenters. The van der Waals surface area contributed by atoms with Crippen LogP contribution in [0.4, 0.5) is 5.69 Å². The van der Waals surface area contributed by atoms with Crippen LogP contribution in [0.15, 0.2) is 18.6 Å². The minimum atomic E-state index is -1.01. The van der Waals surface area contributed by atoms with Gasteiger partial charge in [0.05, 0.1) is 11.7 Å². The molecule has 0 amide bonds. The Hall–Kier alpha value is -2.44. The molecular weight excluding hydrogens is 246 g/mol. The Morgan fingerprint density at radius 3 is 2.84 bits per heavy atom. The van der Waals surface area contributed by atoms with E-state index >= 15 is 0 Å². The molecule has 0 aliphatic rings. The lowest BCUT2D eigenvalue weighted by Gasteiger charge is -2.16. The van der Waals surface area contributed by atoms with Gasteiger partial charge in [-0.3, -0.25) is 4.98 Å². The van der Waals surface area contributed by atoms with E-state index in [2.05, 4.69) is 20.5 Å². The third-order valence-electron chi connectivity index (χ3n) is 2.78. The molecule has 2 aromatic heterocycles. The summed E-state index contributed by atoms with van der Waals surface area (Å²) in [7, 11) is 1.84. The average Bonchev–Trinajstić information content (AvgIpc) is 2.75. The van der Waals surface area contributed by atoms with Gasteiger partial charge in [0, 0.05) is 18.9 Å². The molecular formula is C12H15N5O2. The number of nitrogens with zero attached hydrogens (tertiary/aromatic N) is 4. The Bertz CT molecular complexity index is 608. The average molecular weight is 261 g/mol. The molecule has 0 saturated carbocycles. The quantitative estimate of drug-likeness (QED) is 0.864. The summed E-state index contributed by atoms with van der Waals surface area (Å²) >= 11 is 0. The van der Waals surface area contributed by atoms with Crippen LogP contribution in [-0.4, -0.2) is 30.8 Å². The largest absolute Gasteiger partial charge is 0.478 e. The van der Waals surface area contributed by atoms with E-state index in [1.54, 1.807) is 17.0 Å². The van der Waals surface area contributed by atoms with Crippen molar-refractivity contribution in [2.75, 3.05) is 5.32 Å². The Balaban J connectivity index is 2.30. The van der Waals surface area contributed by atoms with E-state index in [1.165, 1.54) is 6.20 Å². The molecule has 0 saturated heterocycles. The molecule has 1 atom stereocenters. The maximum atomic E-state index is 11.2. The Morgan fingerprint density at radius 1 is 1.53 bits per heavy atom. The van der Waals surface area contributed by atoms with E-state index < -0.39 is 5.97 Å². The summed E-state index contributed by atoms with van der Waals surface area (Å²) < 4.78 is 1.78. The van der Waals surface area contributed by atoms with Crippen LogP contribution in [0.5, 0.6) is 0 Å². The lowest BCUT2D eigenvalue weighted by atomic mass is 10.2. The molecule has 2 rings (SSSR count). The molecule has 0 aliphatic carbocycles. The van der Waals surface area contributed by atoms with Crippen molar-refractivity contribution in [2.24, 2.45) is 7.05 Å². The minimum Gasteiger partial charge on any atom is -0.478 e. The van der Waals surface area contributed by atoms with E-state index in [9.17, 15) is 4.79 Å². The summed E-state index contributed by atoms with van der Waals surface area (Å²) in [5.74, 6) is -0.286. The fourth-order valence-electron chi connectivity index (χ4n) is 1.83. The van der Waals surface area contributed by atoms with Crippen molar-refractivity contribution in [1.29, 1.82) is 0 Å². The molecule has 2 heterocycles. The number of aromatic carboxylic acids is 1. The zero-order valence-corrected chi connectivity index (χ0v) is 11.0. The van der Waals surface area contributed by atoms with Crippen molar-refractivity contribution in [3.05, 3.63) is 35.7 Å². The number of hydrogen-bond donors (Lipinski definition) is 2. The molecule has 100 valence electrons. The van der Waals surface area contributed by atoms with E-state index in [4.69, 9.17) is 5.11 Å². The summed E-state index contributed by atoms with van der Waals surface area (Å²) in [5, 5.41) is 20.1. The third-order valence-corrected chi connectivity index (χ3v) is 2.78. The van der Waals surface area contributed by atoms with Gasteiger partial charge in [0.1, 0.15) is 11.9 Å². The second-order valence-corrected chi connectivity index (χ2v) is 4.34. The Labute approximate surface area is 110 Å². The van der Waals surface area contributed by atoms with Gasteiger partial charge in [-0.05, 0) is 19.9 Å². The van der Waals surface area contributed by atoms with Gasteiger partial charge in [-0.25, -0.2) is 4.79 Å². The summed E-state index contributed by atoms with van der Waals surface area (Å²) in [4.78, 5) is 15.1. The number of anilines is 1. The summed E-state index contributed by atoms with van der Waals surface area (Å²) in [5.41, 5.74) is 1.41. The standard InChI is InChI=1S/C12H15N5O2/c1-7-4-10(9(5-13-7)12(18)19)15-8(2)11-16-14-6-17(11)3/h4-6,8H,1-3H3,(H,13,15)(H,18,19). The van der Waals surface area contributed by atoms with E-state index in [1.807, 2.05) is 20.9 Å². The normalized spacial score (nSPS) is 12.2. The minimum absolute atomic E-state index is 0.139. The first-order valence-corrected chi connectivity index (χ1v) is 5.79. The third kappa shape index (κ3) is 2.70. The van der Waals surface area contributed by atoms with E-state index in [0.29, 0.717) is 5.69 Å². The van der Waals surface area contributed by atoms with Crippen molar-refractivity contribution in [2.45, 2.75) is 19.9 Å². The molecule has 0 aromatic carbocycles. The monoisotopic (exact) mass is 261 g/mol. The molecule has 7 nitrogen and oxygen atoms in total. The topological polar surface area (TPSA) is 92.9 Å². The number of carboxylic acids is 1. The molecule has 0 aliphatic heterocycles. The summed E-state index contributed by atoms with van der Waals surface area (Å²) in [6.07, 6.45) is 2.95. The van der Waals surface area contributed by atoms with Crippen molar-refractivity contribution in [1.82, 2.24) is 19.7 Å². The lowest BCUT2D eigenvalue weighted by molar-refractivity contribution is 0.0697. The molecule has 7 heteroatoms. The molecule has 0 radical (unpaired) electrons. The first-order valence-electron chi connectivity index (χ1n) is 5.79. The summed E-state index contributed by atoms with van der Waals surface area (Å²) in [6, 6.07) is 1.54. The molecule has 0 bridgehead atoms. The first kappa shape index (κ1) is 13.0. The van der Waals surface area contributed by atoms with Crippen LogP contribution in [0, 0.1) is 6.92 Å². The number of rotatable bonds is 4. The molecule has 19 heavy (non-hydrogen) atoms. The number of carboxylic acid groups (broad SMARTS) is 1. The zero-order valence-electron chi connectivity index (χ0n) is 11.0. The number of nitrogens with one attached hydrogen (secondary N) is 1. The van der Waals surface area contributed by atoms with Gasteiger partial charge in [0.25, 0.3) is 0 Å². The van der Waals surface area contributed by atoms with Crippen molar-refractivity contribution < 1.29 is 9.90 Å². The lowest BCUT2D eigenvalue weighted by Crippen LogP contribution is -2.14. The van der Waals surface area contributed by atoms with Gasteiger partial charge in [0.2, 0.25) is 0 Å². The highest BCUT2D eigenvalue weighted by Gasteiger charge is 2.16. The van der Waals surface area contributed by atoms with Crippen LogP contribution >= 0.6 is 0 Å². The van der Waals surface area contributed by atoms with Crippen LogP contribution in [0.2, 0.25) is 0 Å². The van der Waals surface area contributed by atoms with Crippen LogP contribution in [0.3, 0.4) is 0 Å². The van der Waals surface area contributed by atoms with Gasteiger partial charge < -0.3 is 15.0 Å². The Morgan fingerprint density at radius 2 is 2.26 bits per heavy atom. The molecule has 2 aromatic rings. The second-order valence-electron chi connectivity index (χ2n) is 4.34. The van der Waals surface area contributed by atoms with Crippen molar-refractivity contribution in [3.63, 3.8) is 0 Å². The van der Waals surface area contributed by atoms with Crippen LogP contribution in [0.25, 0.3) is 0 Å². The van der Waals surface area contributed by atoms with Crippen molar-refractivity contribution in [3.8, 4) is 0 Å². The zero-order chi connectivity index (χ0) is 14.0. The van der Waals surface area contributed by atoms with Crippen molar-refractivity contribution >= 4 is 11.7 Å². The Kier molecular flexibility index (Phi) is 3.46. The van der Waals surface area contributed by atoms with Gasteiger partial charge in [-0.15, -0.1) is 10.2 Å². The fourth-order valence-corrected chi connectivity index (χ4v) is 1.83. The van der Waals surface area contributed by atoms with Crippen LogP contribution < -0.4 is 5.32 Å². The number of carbonyl (C=O) groups is 1. The highest BCUT2D eigenvalue weighted by Crippen LogP contribution is 2.21. The molecule has 0 spiro atoms. The maximum Gasteiger partial charge on any atom is 0.339 e. The molecule has 2 N–H and O–H groups in total. The SMILES string of the molecule is Cc1cc(NC(C)c2nncn2C)c(C(=O)O)cn1. The maximum absolute atomic E-state index is 11.2. The second kappa shape index (κ2) is 5.05. The predicted octanol–water partition coefficient (Wildman–Crippen LogP) is 1.39. The van der Waals surface area contributed by atoms with Gasteiger partial charge in [0.15, 0.2) is 5.82 Å². The van der Waals surface area contributed by atoms with Gasteiger partial charge in [-0.1, -0.05) is 0 Å². The number of aryl methyl sites for hydroxylation is 2. The smallest absolute Gasteiger partial charge is 0.339 e. The van der Waals surface area contributed by atoms with E-state index in [0.717, 1.165) is 11.5 Å². The summed E-state index contributed by atoms with van der Waals surface area (Å²) in [6.45, 7) is 3.70. The number of pyridine rings is 1. The number of aromatic nitrogens is 4. The van der Waals surface area contributed by atoms with Gasteiger partial charge >= 0.3 is 5.97 Å². The number of hydrogen-bond acceptors (Lipinski definition) is 5. The van der Waals surface area contributed by atoms with Crippen LogP contribution in [0.1, 0.15) is 34.8 Å². The predicted molar refractivity (Wildman–Crippen MR) is 69.0 cm³/mol. The highest BCUT2D eigenvalue weighted by atomic mass is 16.4.